The molecule has 9 nitrogen and oxygen atoms in total. The smallest absolute Gasteiger partial charge is 0.264 e. The van der Waals surface area contributed by atoms with Gasteiger partial charge in [0.1, 0.15) is 15.5 Å². The van der Waals surface area contributed by atoms with Gasteiger partial charge in [0.15, 0.2) is 0 Å². The van der Waals surface area contributed by atoms with Gasteiger partial charge >= 0.3 is 0 Å². The number of carbonyl (C=O) groups excluding carboxylic acids is 1. The molecule has 0 fully saturated rings. The fourth-order valence-electron chi connectivity index (χ4n) is 3.68. The number of benzene rings is 2. The molecule has 0 aliphatic heterocycles. The van der Waals surface area contributed by atoms with E-state index in [9.17, 15) is 13.2 Å². The van der Waals surface area contributed by atoms with Gasteiger partial charge in [0.2, 0.25) is 11.7 Å². The van der Waals surface area contributed by atoms with Gasteiger partial charge < -0.3 is 10.5 Å². The summed E-state index contributed by atoms with van der Waals surface area (Å²) < 4.78 is 33.0. The number of nitrogens with zero attached hydrogens (tertiary/aromatic N) is 3. The van der Waals surface area contributed by atoms with Crippen LogP contribution in [0.2, 0.25) is 0 Å². The second kappa shape index (κ2) is 9.60. The van der Waals surface area contributed by atoms with E-state index >= 15 is 0 Å². The molecule has 0 unspecified atom stereocenters. The number of ketones is 1. The van der Waals surface area contributed by atoms with Crippen molar-refractivity contribution < 1.29 is 17.9 Å². The molecule has 0 radical (unpaired) electrons. The van der Waals surface area contributed by atoms with Crippen molar-refractivity contribution in [2.24, 2.45) is 0 Å². The molecule has 186 valence electrons. The van der Waals surface area contributed by atoms with Crippen molar-refractivity contribution in [3.8, 4) is 17.0 Å². The molecule has 0 saturated carbocycles. The van der Waals surface area contributed by atoms with Crippen LogP contribution in [0.1, 0.15) is 20.9 Å². The number of methoxy groups -OCH3 is 1. The number of carbonyl (C=O) groups is 1. The van der Waals surface area contributed by atoms with E-state index in [0.29, 0.717) is 32.0 Å². The van der Waals surface area contributed by atoms with Crippen LogP contribution in [0.4, 0.5) is 11.6 Å². The first-order valence-corrected chi connectivity index (χ1v) is 13.4. The number of ether oxygens (including phenoxy) is 1. The Hall–Kier alpha value is -4.35. The number of aryl methyl sites for hydroxylation is 1. The molecule has 0 atom stereocenters. The van der Waals surface area contributed by atoms with Crippen LogP contribution in [0.5, 0.6) is 5.75 Å². The molecular formula is C26H21N5O4S2. The molecular weight excluding hydrogens is 510 g/mol. The fourth-order valence-corrected chi connectivity index (χ4v) is 5.69. The zero-order valence-electron chi connectivity index (χ0n) is 19.8. The third-order valence-electron chi connectivity index (χ3n) is 5.63. The van der Waals surface area contributed by atoms with Crippen LogP contribution in [0.25, 0.3) is 21.5 Å². The lowest BCUT2D eigenvalue weighted by Crippen LogP contribution is -2.15. The van der Waals surface area contributed by atoms with Gasteiger partial charge in [-0.3, -0.25) is 4.79 Å². The minimum atomic E-state index is -3.93. The topological polar surface area (TPSA) is 137 Å². The maximum Gasteiger partial charge on any atom is 0.264 e. The van der Waals surface area contributed by atoms with Crippen LogP contribution < -0.4 is 15.2 Å². The molecule has 3 heterocycles. The average Bonchev–Trinajstić information content (AvgIpc) is 3.23. The van der Waals surface area contributed by atoms with Gasteiger partial charge in [0.25, 0.3) is 10.0 Å². The Balaban J connectivity index is 1.41. The number of aromatic nitrogens is 3. The molecule has 0 spiro atoms. The Morgan fingerprint density at radius 1 is 0.973 bits per heavy atom. The second-order valence-electron chi connectivity index (χ2n) is 8.10. The van der Waals surface area contributed by atoms with Gasteiger partial charge in [-0.05, 0) is 73.7 Å². The largest absolute Gasteiger partial charge is 0.497 e. The number of sulfonamides is 1. The van der Waals surface area contributed by atoms with E-state index in [1.807, 2.05) is 36.4 Å². The highest BCUT2D eigenvalue weighted by molar-refractivity contribution is 7.92. The number of hydrogen-bond donors (Lipinski definition) is 2. The highest BCUT2D eigenvalue weighted by atomic mass is 32.2. The van der Waals surface area contributed by atoms with Gasteiger partial charge in [-0.1, -0.05) is 0 Å². The molecule has 5 rings (SSSR count). The van der Waals surface area contributed by atoms with Crippen molar-refractivity contribution in [1.29, 1.82) is 0 Å². The fraction of sp³-hybridized carbons (Fsp3) is 0.0769. The van der Waals surface area contributed by atoms with Crippen LogP contribution in [0.3, 0.4) is 0 Å². The first kappa shape index (κ1) is 24.3. The van der Waals surface area contributed by atoms with Crippen molar-refractivity contribution in [3.63, 3.8) is 0 Å². The number of hydrogen-bond acceptors (Lipinski definition) is 9. The van der Waals surface area contributed by atoms with Crippen LogP contribution in [-0.2, 0) is 10.0 Å². The SMILES string of the molecule is COc1ccc(-c2ccc3c(N)c(C(=O)c4ccc(S(=O)(=O)Nc5nccc(C)n5)cc4)sc3n2)cc1. The summed E-state index contributed by atoms with van der Waals surface area (Å²) in [4.78, 5) is 26.9. The van der Waals surface area contributed by atoms with Crippen molar-refractivity contribution in [2.45, 2.75) is 11.8 Å². The zero-order chi connectivity index (χ0) is 26.2. The summed E-state index contributed by atoms with van der Waals surface area (Å²) in [6.07, 6.45) is 1.46. The summed E-state index contributed by atoms with van der Waals surface area (Å²) >= 11 is 1.20. The van der Waals surface area contributed by atoms with Crippen LogP contribution in [0, 0.1) is 6.92 Å². The Kier molecular flexibility index (Phi) is 6.32. The number of nitrogens with two attached hydrogens (primary N) is 1. The molecule has 37 heavy (non-hydrogen) atoms. The lowest BCUT2D eigenvalue weighted by atomic mass is 10.1. The molecule has 11 heteroatoms. The lowest BCUT2D eigenvalue weighted by Gasteiger charge is -2.07. The van der Waals surface area contributed by atoms with Crippen molar-refractivity contribution >= 4 is 49.0 Å². The van der Waals surface area contributed by atoms with Gasteiger partial charge in [-0.2, -0.15) is 0 Å². The van der Waals surface area contributed by atoms with E-state index in [0.717, 1.165) is 17.0 Å². The molecule has 2 aromatic carbocycles. The predicted octanol–water partition coefficient (Wildman–Crippen LogP) is 4.68. The monoisotopic (exact) mass is 531 g/mol. The summed E-state index contributed by atoms with van der Waals surface area (Å²) in [6, 6.07) is 18.5. The van der Waals surface area contributed by atoms with E-state index < -0.39 is 10.0 Å². The summed E-state index contributed by atoms with van der Waals surface area (Å²) in [6.45, 7) is 1.73. The number of fused-ring (bicyclic) bond motifs is 1. The van der Waals surface area contributed by atoms with Gasteiger partial charge in [-0.25, -0.2) is 28.1 Å². The number of nitrogens with one attached hydrogen (secondary N) is 1. The molecule has 0 bridgehead atoms. The highest BCUT2D eigenvalue weighted by Crippen LogP contribution is 2.36. The predicted molar refractivity (Wildman–Crippen MR) is 143 cm³/mol. The van der Waals surface area contributed by atoms with Crippen LogP contribution in [0.15, 0.2) is 77.8 Å². The quantitative estimate of drug-likeness (QED) is 0.289. The van der Waals surface area contributed by atoms with Crippen LogP contribution in [-0.4, -0.2) is 36.3 Å². The maximum absolute atomic E-state index is 13.3. The Labute approximate surface area is 217 Å². The Bertz CT molecular complexity index is 1730. The molecule has 5 aromatic rings. The van der Waals surface area contributed by atoms with Crippen molar-refractivity contribution in [1.82, 2.24) is 15.0 Å². The van der Waals surface area contributed by atoms with E-state index in [2.05, 4.69) is 14.7 Å². The molecule has 0 amide bonds. The first-order chi connectivity index (χ1) is 17.7. The third kappa shape index (κ3) is 4.86. The lowest BCUT2D eigenvalue weighted by molar-refractivity contribution is 0.104. The van der Waals surface area contributed by atoms with E-state index in [1.165, 1.54) is 41.8 Å². The number of nitrogen functional groups attached to an aromatic ring is 1. The first-order valence-electron chi connectivity index (χ1n) is 11.1. The van der Waals surface area contributed by atoms with Gasteiger partial charge in [0.05, 0.1) is 23.4 Å². The Morgan fingerprint density at radius 3 is 2.38 bits per heavy atom. The van der Waals surface area contributed by atoms with E-state index in [4.69, 9.17) is 15.5 Å². The normalized spacial score (nSPS) is 11.4. The second-order valence-corrected chi connectivity index (χ2v) is 10.8. The Morgan fingerprint density at radius 2 is 1.70 bits per heavy atom. The van der Waals surface area contributed by atoms with Gasteiger partial charge in [-0.15, -0.1) is 11.3 Å². The van der Waals surface area contributed by atoms with Gasteiger partial charge in [0, 0.05) is 28.4 Å². The summed E-state index contributed by atoms with van der Waals surface area (Å²) in [5.41, 5.74) is 9.24. The number of rotatable bonds is 7. The standard InChI is InChI=1S/C26H21N5O4S2/c1-15-13-14-28-26(29-15)31-37(33,34)19-9-5-17(6-10-19)23(32)24-22(27)20-11-12-21(30-25(20)36-24)16-3-7-18(35-2)8-4-16/h3-14H,27H2,1-2H3,(H,28,29,31). The molecule has 3 N–H and O–H groups in total. The molecule has 0 saturated heterocycles. The van der Waals surface area contributed by atoms with E-state index in [-0.39, 0.29) is 16.6 Å². The number of thiophene rings is 1. The molecule has 3 aromatic heterocycles. The summed E-state index contributed by atoms with van der Waals surface area (Å²) in [5, 5.41) is 0.687. The van der Waals surface area contributed by atoms with E-state index in [1.54, 1.807) is 20.1 Å². The molecule has 0 aliphatic carbocycles. The summed E-state index contributed by atoms with van der Waals surface area (Å²) in [7, 11) is -2.32. The molecule has 0 aliphatic rings. The van der Waals surface area contributed by atoms with Crippen molar-refractivity contribution in [2.75, 3.05) is 17.6 Å². The zero-order valence-corrected chi connectivity index (χ0v) is 21.4. The maximum atomic E-state index is 13.3. The van der Waals surface area contributed by atoms with Crippen molar-refractivity contribution in [3.05, 3.63) is 89.1 Å². The minimum Gasteiger partial charge on any atom is -0.497 e. The average molecular weight is 532 g/mol. The number of anilines is 2. The highest BCUT2D eigenvalue weighted by Gasteiger charge is 2.21. The minimum absolute atomic E-state index is 0.0238. The third-order valence-corrected chi connectivity index (χ3v) is 8.09. The number of pyridine rings is 1. The van der Waals surface area contributed by atoms with Crippen LogP contribution >= 0.6 is 11.3 Å². The summed E-state index contributed by atoms with van der Waals surface area (Å²) in [5.74, 6) is 0.404.